The second kappa shape index (κ2) is 6.43. The summed E-state index contributed by atoms with van der Waals surface area (Å²) >= 11 is 0. The van der Waals surface area contributed by atoms with E-state index in [-0.39, 0.29) is 17.5 Å². The van der Waals surface area contributed by atoms with Crippen molar-refractivity contribution in [2.75, 3.05) is 6.54 Å². The van der Waals surface area contributed by atoms with Crippen molar-refractivity contribution < 1.29 is 10.2 Å². The molecule has 0 aliphatic carbocycles. The fourth-order valence-corrected chi connectivity index (χ4v) is 2.31. The maximum atomic E-state index is 9.79. The van der Waals surface area contributed by atoms with E-state index >= 15 is 0 Å². The number of phenols is 2. The van der Waals surface area contributed by atoms with Crippen molar-refractivity contribution in [1.29, 1.82) is 0 Å². The maximum absolute atomic E-state index is 9.79. The van der Waals surface area contributed by atoms with Gasteiger partial charge < -0.3 is 15.5 Å². The molecule has 0 radical (unpaired) electrons. The number of hydrogen-bond donors (Lipinski definition) is 4. The molecule has 1 atom stereocenters. The fraction of sp³-hybridized carbons (Fsp3) is 0.400. The number of nitrogens with zero attached hydrogens (tertiary/aromatic N) is 1. The first-order valence-electron chi connectivity index (χ1n) is 6.82. The average molecular weight is 275 g/mol. The molecule has 0 spiro atoms. The van der Waals surface area contributed by atoms with Gasteiger partial charge in [-0.15, -0.1) is 0 Å². The molecule has 0 saturated heterocycles. The zero-order valence-electron chi connectivity index (χ0n) is 11.8. The maximum Gasteiger partial charge on any atom is 0.124 e. The topological polar surface area (TPSA) is 81.2 Å². The number of benzene rings is 1. The molecule has 5 heteroatoms. The molecular weight excluding hydrogens is 254 g/mol. The molecule has 0 aliphatic heterocycles. The first kappa shape index (κ1) is 14.4. The van der Waals surface area contributed by atoms with E-state index in [1.54, 1.807) is 18.2 Å². The first-order valence-corrected chi connectivity index (χ1v) is 6.82. The molecule has 20 heavy (non-hydrogen) atoms. The second-order valence-electron chi connectivity index (χ2n) is 5.01. The SMILES string of the molecule is Cc1[nH]ncc1CCCNC(C)c1c(O)cccc1O. The molecule has 0 saturated carbocycles. The van der Waals surface area contributed by atoms with Gasteiger partial charge in [0.15, 0.2) is 0 Å². The van der Waals surface area contributed by atoms with Crippen LogP contribution in [0.5, 0.6) is 11.5 Å². The lowest BCUT2D eigenvalue weighted by Crippen LogP contribution is -2.20. The molecule has 1 aromatic carbocycles. The molecule has 0 amide bonds. The van der Waals surface area contributed by atoms with Gasteiger partial charge in [0.1, 0.15) is 11.5 Å². The number of aromatic amines is 1. The summed E-state index contributed by atoms with van der Waals surface area (Å²) in [6.07, 6.45) is 3.78. The highest BCUT2D eigenvalue weighted by atomic mass is 16.3. The molecule has 5 nitrogen and oxygen atoms in total. The van der Waals surface area contributed by atoms with Crippen molar-refractivity contribution in [3.63, 3.8) is 0 Å². The third-order valence-electron chi connectivity index (χ3n) is 3.50. The van der Waals surface area contributed by atoms with Gasteiger partial charge in [-0.3, -0.25) is 5.10 Å². The van der Waals surface area contributed by atoms with Crippen LogP contribution >= 0.6 is 0 Å². The van der Waals surface area contributed by atoms with Crippen LogP contribution in [0, 0.1) is 6.92 Å². The van der Waals surface area contributed by atoms with Crippen molar-refractivity contribution in [2.45, 2.75) is 32.7 Å². The van der Waals surface area contributed by atoms with Crippen LogP contribution < -0.4 is 5.32 Å². The highest BCUT2D eigenvalue weighted by molar-refractivity contribution is 5.44. The molecule has 0 fully saturated rings. The number of aryl methyl sites for hydroxylation is 2. The van der Waals surface area contributed by atoms with E-state index in [1.807, 2.05) is 20.0 Å². The number of hydrogen-bond acceptors (Lipinski definition) is 4. The minimum Gasteiger partial charge on any atom is -0.507 e. The summed E-state index contributed by atoms with van der Waals surface area (Å²) in [5.74, 6) is 0.242. The summed E-state index contributed by atoms with van der Waals surface area (Å²) < 4.78 is 0. The number of aromatic nitrogens is 2. The monoisotopic (exact) mass is 275 g/mol. The summed E-state index contributed by atoms with van der Waals surface area (Å²) in [6.45, 7) is 4.75. The number of nitrogens with one attached hydrogen (secondary N) is 2. The van der Waals surface area contributed by atoms with Crippen LogP contribution in [0.25, 0.3) is 0 Å². The lowest BCUT2D eigenvalue weighted by molar-refractivity contribution is 0.418. The number of phenolic OH excluding ortho intramolecular Hbond substituents is 2. The third kappa shape index (κ3) is 3.30. The van der Waals surface area contributed by atoms with Gasteiger partial charge in [0.25, 0.3) is 0 Å². The molecule has 2 rings (SSSR count). The van der Waals surface area contributed by atoms with E-state index in [4.69, 9.17) is 0 Å². The lowest BCUT2D eigenvalue weighted by atomic mass is 10.1. The Bertz CT molecular complexity index is 546. The predicted octanol–water partition coefficient (Wildman–Crippen LogP) is 2.41. The summed E-state index contributed by atoms with van der Waals surface area (Å²) in [5, 5.41) is 29.8. The smallest absolute Gasteiger partial charge is 0.124 e. The second-order valence-corrected chi connectivity index (χ2v) is 5.01. The fourth-order valence-electron chi connectivity index (χ4n) is 2.31. The van der Waals surface area contributed by atoms with E-state index in [0.717, 1.165) is 25.1 Å². The first-order chi connectivity index (χ1) is 9.59. The lowest BCUT2D eigenvalue weighted by Gasteiger charge is -2.16. The van der Waals surface area contributed by atoms with E-state index < -0.39 is 0 Å². The largest absolute Gasteiger partial charge is 0.507 e. The van der Waals surface area contributed by atoms with Crippen molar-refractivity contribution in [3.05, 3.63) is 41.2 Å². The van der Waals surface area contributed by atoms with Crippen LogP contribution in [0.2, 0.25) is 0 Å². The molecule has 108 valence electrons. The molecule has 0 aliphatic rings. The van der Waals surface area contributed by atoms with Gasteiger partial charge in [0.2, 0.25) is 0 Å². The van der Waals surface area contributed by atoms with Crippen LogP contribution in [-0.2, 0) is 6.42 Å². The summed E-state index contributed by atoms with van der Waals surface area (Å²) in [6, 6.07) is 4.70. The Hall–Kier alpha value is -2.01. The Morgan fingerprint density at radius 3 is 2.60 bits per heavy atom. The zero-order chi connectivity index (χ0) is 14.5. The predicted molar refractivity (Wildman–Crippen MR) is 77.8 cm³/mol. The molecule has 1 unspecified atom stereocenters. The van der Waals surface area contributed by atoms with Crippen molar-refractivity contribution in [1.82, 2.24) is 15.5 Å². The third-order valence-corrected chi connectivity index (χ3v) is 3.50. The van der Waals surface area contributed by atoms with E-state index in [9.17, 15) is 10.2 Å². The molecule has 2 aromatic rings. The quantitative estimate of drug-likeness (QED) is 0.610. The summed E-state index contributed by atoms with van der Waals surface area (Å²) in [4.78, 5) is 0. The molecular formula is C15H21N3O2. The van der Waals surface area contributed by atoms with Crippen molar-refractivity contribution >= 4 is 0 Å². The number of rotatable bonds is 6. The van der Waals surface area contributed by atoms with Gasteiger partial charge in [-0.2, -0.15) is 5.10 Å². The highest BCUT2D eigenvalue weighted by Gasteiger charge is 2.14. The van der Waals surface area contributed by atoms with Crippen LogP contribution in [-0.4, -0.2) is 27.0 Å². The standard InChI is InChI=1S/C15H21N3O2/c1-10-12(9-17-18-10)5-4-8-16-11(2)15-13(19)6-3-7-14(15)20/h3,6-7,9,11,16,19-20H,4-5,8H2,1-2H3,(H,17,18). The van der Waals surface area contributed by atoms with Gasteiger partial charge in [0.05, 0.1) is 11.8 Å². The van der Waals surface area contributed by atoms with Gasteiger partial charge in [-0.05, 0) is 50.9 Å². The normalized spacial score (nSPS) is 12.5. The minimum absolute atomic E-state index is 0.0957. The Morgan fingerprint density at radius 1 is 1.30 bits per heavy atom. The van der Waals surface area contributed by atoms with Crippen LogP contribution in [0.15, 0.2) is 24.4 Å². The van der Waals surface area contributed by atoms with Crippen LogP contribution in [0.3, 0.4) is 0 Å². The summed E-state index contributed by atoms with van der Waals surface area (Å²) in [5.41, 5.74) is 2.88. The molecule has 1 heterocycles. The molecule has 4 N–H and O–H groups in total. The molecule has 0 bridgehead atoms. The van der Waals surface area contributed by atoms with Crippen molar-refractivity contribution in [2.24, 2.45) is 0 Å². The Morgan fingerprint density at radius 2 is 2.00 bits per heavy atom. The Balaban J connectivity index is 1.84. The van der Waals surface area contributed by atoms with Crippen LogP contribution in [0.1, 0.15) is 36.2 Å². The van der Waals surface area contributed by atoms with Gasteiger partial charge in [-0.1, -0.05) is 6.07 Å². The summed E-state index contributed by atoms with van der Waals surface area (Å²) in [7, 11) is 0. The highest BCUT2D eigenvalue weighted by Crippen LogP contribution is 2.31. The van der Waals surface area contributed by atoms with E-state index in [0.29, 0.717) is 5.56 Å². The van der Waals surface area contributed by atoms with Gasteiger partial charge in [-0.25, -0.2) is 0 Å². The van der Waals surface area contributed by atoms with Crippen LogP contribution in [0.4, 0.5) is 0 Å². The average Bonchev–Trinajstić information content (AvgIpc) is 2.80. The van der Waals surface area contributed by atoms with Gasteiger partial charge >= 0.3 is 0 Å². The minimum atomic E-state index is -0.0957. The number of H-pyrrole nitrogens is 1. The number of aromatic hydroxyl groups is 2. The van der Waals surface area contributed by atoms with E-state index in [2.05, 4.69) is 15.5 Å². The van der Waals surface area contributed by atoms with Gasteiger partial charge in [0, 0.05) is 11.7 Å². The zero-order valence-corrected chi connectivity index (χ0v) is 11.8. The Kier molecular flexibility index (Phi) is 4.63. The van der Waals surface area contributed by atoms with Crippen molar-refractivity contribution in [3.8, 4) is 11.5 Å². The van der Waals surface area contributed by atoms with E-state index in [1.165, 1.54) is 5.56 Å². The molecule has 1 aromatic heterocycles. The Labute approximate surface area is 118 Å².